The van der Waals surface area contributed by atoms with Gasteiger partial charge in [-0.3, -0.25) is 4.79 Å². The first-order chi connectivity index (χ1) is 10.4. The number of hydrogen-bond acceptors (Lipinski definition) is 4. The van der Waals surface area contributed by atoms with Crippen LogP contribution in [-0.4, -0.2) is 32.2 Å². The minimum absolute atomic E-state index is 0.134. The summed E-state index contributed by atoms with van der Waals surface area (Å²) >= 11 is 0. The average Bonchev–Trinajstić information content (AvgIpc) is 2.45. The van der Waals surface area contributed by atoms with Crippen molar-refractivity contribution in [1.82, 2.24) is 5.32 Å². The Hall–Kier alpha value is -1.89. The lowest BCUT2D eigenvalue weighted by Crippen LogP contribution is -2.41. The van der Waals surface area contributed by atoms with Crippen molar-refractivity contribution in [2.75, 3.05) is 13.7 Å². The Morgan fingerprint density at radius 3 is 2.50 bits per heavy atom. The van der Waals surface area contributed by atoms with Crippen molar-refractivity contribution in [1.29, 1.82) is 0 Å². The summed E-state index contributed by atoms with van der Waals surface area (Å²) in [6, 6.07) is 3.94. The zero-order valence-electron chi connectivity index (χ0n) is 12.9. The molecule has 124 valence electrons. The molecule has 1 amide bonds. The van der Waals surface area contributed by atoms with Crippen LogP contribution in [0.25, 0.3) is 0 Å². The monoisotopic (exact) mass is 316 g/mol. The third-order valence-electron chi connectivity index (χ3n) is 3.02. The Labute approximate surface area is 128 Å². The number of nitrogens with two attached hydrogens (primary N) is 1. The Morgan fingerprint density at radius 2 is 2.00 bits per heavy atom. The van der Waals surface area contributed by atoms with E-state index in [4.69, 9.17) is 10.5 Å². The lowest BCUT2D eigenvalue weighted by Gasteiger charge is -2.19. The van der Waals surface area contributed by atoms with Crippen LogP contribution < -0.4 is 20.5 Å². The maximum atomic E-state index is 12.4. The Bertz CT molecular complexity index is 496. The minimum atomic E-state index is -3.00. The molecule has 0 aromatic heterocycles. The number of ether oxygens (including phenoxy) is 2. The normalized spacial score (nSPS) is 12.4. The second-order valence-electron chi connectivity index (χ2n) is 5.28. The first-order valence-corrected chi connectivity index (χ1v) is 7.01. The molecule has 22 heavy (non-hydrogen) atoms. The molecule has 0 fully saturated rings. The van der Waals surface area contributed by atoms with Gasteiger partial charge in [0.05, 0.1) is 7.11 Å². The molecule has 0 radical (unpaired) electrons. The number of alkyl halides is 2. The zero-order valence-corrected chi connectivity index (χ0v) is 12.9. The number of halogens is 2. The van der Waals surface area contributed by atoms with Gasteiger partial charge in [0.15, 0.2) is 11.5 Å². The van der Waals surface area contributed by atoms with E-state index in [0.717, 1.165) is 6.42 Å². The molecule has 3 N–H and O–H groups in total. The van der Waals surface area contributed by atoms with Crippen LogP contribution in [-0.2, 0) is 0 Å². The smallest absolute Gasteiger partial charge is 0.387 e. The number of methoxy groups -OCH3 is 1. The molecule has 0 saturated carbocycles. The quantitative estimate of drug-likeness (QED) is 0.772. The van der Waals surface area contributed by atoms with Gasteiger partial charge in [-0.25, -0.2) is 0 Å². The molecular weight excluding hydrogens is 294 g/mol. The summed E-state index contributed by atoms with van der Waals surface area (Å²) in [6.07, 6.45) is 0.735. The summed E-state index contributed by atoms with van der Waals surface area (Å²) in [5.41, 5.74) is 5.84. The van der Waals surface area contributed by atoms with Crippen molar-refractivity contribution in [3.8, 4) is 11.5 Å². The highest BCUT2D eigenvalue weighted by Gasteiger charge is 2.17. The van der Waals surface area contributed by atoms with Gasteiger partial charge in [-0.1, -0.05) is 13.8 Å². The third kappa shape index (κ3) is 5.48. The molecule has 1 aromatic carbocycles. The van der Waals surface area contributed by atoms with Crippen LogP contribution in [0.1, 0.15) is 30.6 Å². The fourth-order valence-electron chi connectivity index (χ4n) is 2.06. The van der Waals surface area contributed by atoms with Crippen molar-refractivity contribution >= 4 is 5.91 Å². The van der Waals surface area contributed by atoms with E-state index < -0.39 is 12.5 Å². The number of hydrogen-bond donors (Lipinski definition) is 2. The van der Waals surface area contributed by atoms with E-state index >= 15 is 0 Å². The molecule has 7 heteroatoms. The molecule has 0 spiro atoms. The molecule has 1 unspecified atom stereocenters. The van der Waals surface area contributed by atoms with Gasteiger partial charge in [-0.05, 0) is 30.5 Å². The van der Waals surface area contributed by atoms with Crippen LogP contribution in [0.5, 0.6) is 11.5 Å². The van der Waals surface area contributed by atoms with Crippen molar-refractivity contribution in [2.24, 2.45) is 11.7 Å². The number of amides is 1. The van der Waals surface area contributed by atoms with E-state index in [1.807, 2.05) is 13.8 Å². The van der Waals surface area contributed by atoms with Crippen LogP contribution in [0, 0.1) is 5.92 Å². The van der Waals surface area contributed by atoms with Gasteiger partial charge in [0.25, 0.3) is 5.91 Å². The fraction of sp³-hybridized carbons (Fsp3) is 0.533. The summed E-state index contributed by atoms with van der Waals surface area (Å²) < 4.78 is 34.1. The Morgan fingerprint density at radius 1 is 1.32 bits per heavy atom. The summed E-state index contributed by atoms with van der Waals surface area (Å²) in [4.78, 5) is 12.2. The predicted octanol–water partition coefficient (Wildman–Crippen LogP) is 2.40. The second kappa shape index (κ2) is 8.53. The molecular formula is C15H22F2N2O3. The SMILES string of the molecule is COc1ccc(C(=O)NC(CN)CC(C)C)cc1OC(F)F. The molecule has 0 aliphatic rings. The second-order valence-corrected chi connectivity index (χ2v) is 5.28. The number of nitrogens with one attached hydrogen (secondary N) is 1. The van der Waals surface area contributed by atoms with E-state index in [1.54, 1.807) is 0 Å². The molecule has 0 saturated heterocycles. The van der Waals surface area contributed by atoms with Gasteiger partial charge in [-0.15, -0.1) is 0 Å². The Balaban J connectivity index is 2.88. The number of carbonyl (C=O) groups is 1. The highest BCUT2D eigenvalue weighted by atomic mass is 19.3. The molecule has 1 aromatic rings. The fourth-order valence-corrected chi connectivity index (χ4v) is 2.06. The summed E-state index contributed by atoms with van der Waals surface area (Å²) in [7, 11) is 1.33. The predicted molar refractivity (Wildman–Crippen MR) is 79.4 cm³/mol. The maximum absolute atomic E-state index is 12.4. The summed E-state index contributed by atoms with van der Waals surface area (Å²) in [6.45, 7) is 1.36. The highest BCUT2D eigenvalue weighted by molar-refractivity contribution is 5.95. The first kappa shape index (κ1) is 18.2. The minimum Gasteiger partial charge on any atom is -0.493 e. The van der Waals surface area contributed by atoms with Crippen molar-refractivity contribution in [3.63, 3.8) is 0 Å². The standard InChI is InChI=1S/C15H22F2N2O3/c1-9(2)6-11(8-18)19-14(20)10-4-5-12(21-3)13(7-10)22-15(16)17/h4-5,7,9,11,15H,6,8,18H2,1-3H3,(H,19,20). The number of benzene rings is 1. The van der Waals surface area contributed by atoms with Gasteiger partial charge in [0.1, 0.15) is 0 Å². The van der Waals surface area contributed by atoms with E-state index in [-0.39, 0.29) is 23.1 Å². The summed E-state index contributed by atoms with van der Waals surface area (Å²) in [5, 5.41) is 2.78. The van der Waals surface area contributed by atoms with Gasteiger partial charge in [0.2, 0.25) is 0 Å². The van der Waals surface area contributed by atoms with E-state index in [2.05, 4.69) is 10.1 Å². The Kier molecular flexibility index (Phi) is 7.04. The number of rotatable bonds is 8. The van der Waals surface area contributed by atoms with Gasteiger partial charge in [-0.2, -0.15) is 8.78 Å². The van der Waals surface area contributed by atoms with Crippen LogP contribution in [0.3, 0.4) is 0 Å². The van der Waals surface area contributed by atoms with Crippen LogP contribution in [0.15, 0.2) is 18.2 Å². The average molecular weight is 316 g/mol. The van der Waals surface area contributed by atoms with Crippen molar-refractivity contribution in [2.45, 2.75) is 32.9 Å². The van der Waals surface area contributed by atoms with E-state index in [0.29, 0.717) is 12.5 Å². The zero-order chi connectivity index (χ0) is 16.7. The van der Waals surface area contributed by atoms with Crippen LogP contribution in [0.4, 0.5) is 8.78 Å². The summed E-state index contributed by atoms with van der Waals surface area (Å²) in [5.74, 6) is -0.0620. The maximum Gasteiger partial charge on any atom is 0.387 e. The molecule has 0 bridgehead atoms. The van der Waals surface area contributed by atoms with Crippen LogP contribution in [0.2, 0.25) is 0 Å². The molecule has 0 aliphatic carbocycles. The third-order valence-corrected chi connectivity index (χ3v) is 3.02. The van der Waals surface area contributed by atoms with Gasteiger partial charge < -0.3 is 20.5 Å². The largest absolute Gasteiger partial charge is 0.493 e. The lowest BCUT2D eigenvalue weighted by atomic mass is 10.0. The first-order valence-electron chi connectivity index (χ1n) is 7.01. The van der Waals surface area contributed by atoms with E-state index in [1.165, 1.54) is 25.3 Å². The highest BCUT2D eigenvalue weighted by Crippen LogP contribution is 2.29. The van der Waals surface area contributed by atoms with E-state index in [9.17, 15) is 13.6 Å². The van der Waals surface area contributed by atoms with Crippen molar-refractivity contribution in [3.05, 3.63) is 23.8 Å². The topological polar surface area (TPSA) is 73.6 Å². The molecule has 5 nitrogen and oxygen atoms in total. The van der Waals surface area contributed by atoms with Crippen molar-refractivity contribution < 1.29 is 23.0 Å². The van der Waals surface area contributed by atoms with Gasteiger partial charge >= 0.3 is 6.61 Å². The molecule has 1 atom stereocenters. The molecule has 0 aliphatic heterocycles. The molecule has 1 rings (SSSR count). The molecule has 0 heterocycles. The number of carbonyl (C=O) groups excluding carboxylic acids is 1. The van der Waals surface area contributed by atoms with Crippen LogP contribution >= 0.6 is 0 Å². The lowest BCUT2D eigenvalue weighted by molar-refractivity contribution is -0.0512. The van der Waals surface area contributed by atoms with Gasteiger partial charge in [0, 0.05) is 18.2 Å².